The summed E-state index contributed by atoms with van der Waals surface area (Å²) in [6, 6.07) is 5.41. The van der Waals surface area contributed by atoms with Crippen molar-refractivity contribution < 1.29 is 29.9 Å². The number of imidazole rings is 1. The molecule has 0 aliphatic heterocycles. The van der Waals surface area contributed by atoms with E-state index in [9.17, 15) is 13.0 Å². The molecule has 1 atom stereocenters. The summed E-state index contributed by atoms with van der Waals surface area (Å²) in [5.74, 6) is 0.126. The first-order chi connectivity index (χ1) is 13.3. The summed E-state index contributed by atoms with van der Waals surface area (Å²) in [5, 5.41) is -0.194. The van der Waals surface area contributed by atoms with Crippen molar-refractivity contribution in [3.63, 3.8) is 0 Å². The zero-order valence-corrected chi connectivity index (χ0v) is 14.5. The number of methoxy groups -OCH3 is 2. The van der Waals surface area contributed by atoms with Crippen molar-refractivity contribution in [2.24, 2.45) is 0 Å². The average Bonchev–Trinajstić information content (AvgIpc) is 3.09. The van der Waals surface area contributed by atoms with Crippen LogP contribution in [0.3, 0.4) is 0 Å². The van der Waals surface area contributed by atoms with Gasteiger partial charge in [-0.05, 0) is 12.1 Å². The number of halogens is 2. The van der Waals surface area contributed by atoms with Gasteiger partial charge in [-0.2, -0.15) is 8.78 Å². The van der Waals surface area contributed by atoms with Crippen LogP contribution in [-0.2, 0) is 16.5 Å². The van der Waals surface area contributed by atoms with Gasteiger partial charge in [0.05, 0.1) is 47.5 Å². The molecule has 0 saturated heterocycles. The average molecular weight is 385 g/mol. The van der Waals surface area contributed by atoms with E-state index in [1.165, 1.54) is 44.7 Å². The van der Waals surface area contributed by atoms with Crippen LogP contribution in [-0.4, -0.2) is 40.0 Å². The first-order valence-corrected chi connectivity index (χ1v) is 8.36. The number of nitrogens with zero attached hydrogens (tertiary/aromatic N) is 2. The second-order valence-corrected chi connectivity index (χ2v) is 5.99. The van der Waals surface area contributed by atoms with Gasteiger partial charge in [0.25, 0.3) is 0 Å². The summed E-state index contributed by atoms with van der Waals surface area (Å²) in [7, 11) is 0.357. The number of aromatic amines is 1. The number of aromatic nitrogens is 3. The van der Waals surface area contributed by atoms with Gasteiger partial charge in [-0.1, -0.05) is 0 Å². The Morgan fingerprint density at radius 1 is 1.31 bits per heavy atom. The third-order valence-corrected chi connectivity index (χ3v) is 4.24. The zero-order valence-electron chi connectivity index (χ0n) is 15.7. The topological polar surface area (TPSA) is 86.3 Å². The molecule has 1 N–H and O–H groups in total. The fraction of sp³-hybridized carbons (Fsp3) is 0.250. The number of rotatable bonds is 7. The Labute approximate surface area is 152 Å². The first-order valence-electron chi connectivity index (χ1n) is 8.21. The van der Waals surface area contributed by atoms with E-state index >= 15 is 0 Å². The van der Waals surface area contributed by atoms with Gasteiger partial charge >= 0.3 is 6.61 Å². The number of benzene rings is 1. The molecule has 0 amide bonds. The molecule has 2 heterocycles. The molecule has 1 unspecified atom stereocenters. The molecule has 0 spiro atoms. The van der Waals surface area contributed by atoms with E-state index in [0.29, 0.717) is 5.52 Å². The highest BCUT2D eigenvalue weighted by molar-refractivity contribution is 7.84. The first kappa shape index (κ1) is 15.5. The molecule has 0 radical (unpaired) electrons. The second-order valence-electron chi connectivity index (χ2n) is 4.87. The lowest BCUT2D eigenvalue weighted by molar-refractivity contribution is -0.0497. The Morgan fingerprint density at radius 2 is 2.12 bits per heavy atom. The van der Waals surface area contributed by atoms with Gasteiger partial charge in [-0.15, -0.1) is 0 Å². The molecular formula is C16H15F2N3O4S. The SMILES string of the molecule is [2H]C([2H])(c1nccc(OC)c1OC)S(=O)c1nc2ccc(OC(F)F)cc2[nH]1. The van der Waals surface area contributed by atoms with Crippen molar-refractivity contribution in [2.45, 2.75) is 17.5 Å². The number of ether oxygens (including phenoxy) is 3. The molecule has 0 saturated carbocycles. The van der Waals surface area contributed by atoms with Crippen LogP contribution < -0.4 is 14.2 Å². The number of alkyl halides is 2. The number of hydrogen-bond donors (Lipinski definition) is 1. The van der Waals surface area contributed by atoms with Gasteiger partial charge in [0.2, 0.25) is 0 Å². The van der Waals surface area contributed by atoms with Crippen molar-refractivity contribution in [3.8, 4) is 17.2 Å². The summed E-state index contributed by atoms with van der Waals surface area (Å²) < 4.78 is 68.9. The Bertz CT molecular complexity index is 1030. The molecule has 10 heteroatoms. The molecule has 0 bridgehead atoms. The molecule has 1 aromatic carbocycles. The summed E-state index contributed by atoms with van der Waals surface area (Å²) in [6.45, 7) is -2.99. The van der Waals surface area contributed by atoms with E-state index in [2.05, 4.69) is 19.7 Å². The third kappa shape index (κ3) is 3.74. The van der Waals surface area contributed by atoms with E-state index in [1.54, 1.807) is 0 Å². The van der Waals surface area contributed by atoms with Crippen LogP contribution in [0.1, 0.15) is 8.44 Å². The van der Waals surface area contributed by atoms with Crippen molar-refractivity contribution in [3.05, 3.63) is 36.2 Å². The normalized spacial score (nSPS) is 14.0. The number of nitrogens with one attached hydrogen (secondary N) is 1. The Morgan fingerprint density at radius 3 is 2.81 bits per heavy atom. The van der Waals surface area contributed by atoms with Crippen LogP contribution in [0.4, 0.5) is 8.78 Å². The lowest BCUT2D eigenvalue weighted by Crippen LogP contribution is -2.04. The highest BCUT2D eigenvalue weighted by Crippen LogP contribution is 2.30. The predicted molar refractivity (Wildman–Crippen MR) is 90.2 cm³/mol. The fourth-order valence-corrected chi connectivity index (χ4v) is 3.03. The highest BCUT2D eigenvalue weighted by atomic mass is 32.2. The van der Waals surface area contributed by atoms with Crippen molar-refractivity contribution in [1.29, 1.82) is 0 Å². The fourth-order valence-electron chi connectivity index (χ4n) is 2.23. The molecule has 0 fully saturated rings. The van der Waals surface area contributed by atoms with E-state index in [4.69, 9.17) is 12.2 Å². The van der Waals surface area contributed by atoms with E-state index in [1.807, 2.05) is 0 Å². The van der Waals surface area contributed by atoms with E-state index < -0.39 is 23.1 Å². The van der Waals surface area contributed by atoms with Gasteiger partial charge in [0.15, 0.2) is 16.7 Å². The Hall–Kier alpha value is -2.75. The molecule has 26 heavy (non-hydrogen) atoms. The van der Waals surface area contributed by atoms with Crippen LogP contribution in [0.15, 0.2) is 35.6 Å². The number of fused-ring (bicyclic) bond motifs is 1. The molecule has 0 aliphatic carbocycles. The predicted octanol–water partition coefficient (Wildman–Crippen LogP) is 2.88. The lowest BCUT2D eigenvalue weighted by atomic mass is 10.3. The van der Waals surface area contributed by atoms with Gasteiger partial charge in [-0.3, -0.25) is 9.19 Å². The van der Waals surface area contributed by atoms with Crippen LogP contribution in [0.25, 0.3) is 11.0 Å². The van der Waals surface area contributed by atoms with E-state index in [0.717, 1.165) is 0 Å². The van der Waals surface area contributed by atoms with Crippen molar-refractivity contribution >= 4 is 21.8 Å². The Kier molecular flexibility index (Phi) is 4.56. The largest absolute Gasteiger partial charge is 0.493 e. The molecule has 0 aliphatic rings. The highest BCUT2D eigenvalue weighted by Gasteiger charge is 2.17. The van der Waals surface area contributed by atoms with Gasteiger partial charge in [-0.25, -0.2) is 4.98 Å². The quantitative estimate of drug-likeness (QED) is 0.673. The van der Waals surface area contributed by atoms with Crippen molar-refractivity contribution in [2.75, 3.05) is 14.2 Å². The maximum Gasteiger partial charge on any atom is 0.387 e. The van der Waals surface area contributed by atoms with Gasteiger partial charge < -0.3 is 19.2 Å². The minimum Gasteiger partial charge on any atom is -0.493 e. The molecule has 3 rings (SSSR count). The lowest BCUT2D eigenvalue weighted by Gasteiger charge is -2.10. The number of pyridine rings is 1. The van der Waals surface area contributed by atoms with Crippen LogP contribution in [0, 0.1) is 0 Å². The minimum absolute atomic E-state index is 0.00656. The molecule has 2 aromatic heterocycles. The second kappa shape index (κ2) is 7.65. The van der Waals surface area contributed by atoms with Crippen LogP contribution in [0.5, 0.6) is 17.2 Å². The van der Waals surface area contributed by atoms with Crippen molar-refractivity contribution in [1.82, 2.24) is 15.0 Å². The third-order valence-electron chi connectivity index (χ3n) is 3.31. The molecular weight excluding hydrogens is 368 g/mol. The molecule has 138 valence electrons. The standard InChI is InChI=1S/C16H15F2N3O4S/c1-23-13-5-6-19-12(14(13)24-2)8-26(22)16-20-10-4-3-9(25-15(17)18)7-11(10)21-16/h3-7,15H,8H2,1-2H3,(H,20,21)/i8D2. The summed E-state index contributed by atoms with van der Waals surface area (Å²) in [6.07, 6.45) is 1.30. The maximum atomic E-state index is 12.9. The monoisotopic (exact) mass is 385 g/mol. The molecule has 3 aromatic rings. The van der Waals surface area contributed by atoms with E-state index in [-0.39, 0.29) is 33.6 Å². The summed E-state index contributed by atoms with van der Waals surface area (Å²) in [5.41, 5.74) is -2.14. The van der Waals surface area contributed by atoms with Crippen LogP contribution >= 0.6 is 0 Å². The van der Waals surface area contributed by atoms with Gasteiger partial charge in [0, 0.05) is 21.1 Å². The number of H-pyrrole nitrogens is 1. The minimum atomic E-state index is -2.99. The zero-order chi connectivity index (χ0) is 20.5. The summed E-state index contributed by atoms with van der Waals surface area (Å²) >= 11 is 0. The maximum absolute atomic E-state index is 12.9. The van der Waals surface area contributed by atoms with Crippen LogP contribution in [0.2, 0.25) is 0 Å². The smallest absolute Gasteiger partial charge is 0.387 e. The molecule has 7 nitrogen and oxygen atoms in total. The number of hydrogen-bond acceptors (Lipinski definition) is 6. The Balaban J connectivity index is 2.01. The summed E-state index contributed by atoms with van der Waals surface area (Å²) in [4.78, 5) is 10.7. The van der Waals surface area contributed by atoms with Gasteiger partial charge in [0.1, 0.15) is 5.75 Å².